The third-order valence-electron chi connectivity index (χ3n) is 5.28. The van der Waals surface area contributed by atoms with E-state index < -0.39 is 0 Å². The molecule has 0 aromatic carbocycles. The van der Waals surface area contributed by atoms with Gasteiger partial charge in [-0.3, -0.25) is 14.3 Å². The lowest BCUT2D eigenvalue weighted by molar-refractivity contribution is -0.131. The first-order valence-electron chi connectivity index (χ1n) is 9.14. The van der Waals surface area contributed by atoms with Crippen LogP contribution in [-0.4, -0.2) is 64.0 Å². The Morgan fingerprint density at radius 2 is 1.96 bits per heavy atom. The molecule has 0 bridgehead atoms. The summed E-state index contributed by atoms with van der Waals surface area (Å²) in [5.41, 5.74) is 0.591. The normalized spacial score (nSPS) is 19.8. The number of rotatable bonds is 6. The molecule has 0 spiro atoms. The van der Waals surface area contributed by atoms with Crippen LogP contribution in [0.4, 0.5) is 0 Å². The highest BCUT2D eigenvalue weighted by Crippen LogP contribution is 2.27. The van der Waals surface area contributed by atoms with E-state index in [-0.39, 0.29) is 18.1 Å². The van der Waals surface area contributed by atoms with Gasteiger partial charge in [0.1, 0.15) is 0 Å². The van der Waals surface area contributed by atoms with Crippen molar-refractivity contribution >= 4 is 11.7 Å². The van der Waals surface area contributed by atoms with Gasteiger partial charge in [0.15, 0.2) is 5.78 Å². The second kappa shape index (κ2) is 7.92. The molecular weight excluding hydrogens is 304 g/mol. The van der Waals surface area contributed by atoms with Crippen molar-refractivity contribution in [1.82, 2.24) is 19.6 Å². The molecule has 1 saturated carbocycles. The predicted molar refractivity (Wildman–Crippen MR) is 91.8 cm³/mol. The fraction of sp³-hybridized carbons (Fsp3) is 0.722. The summed E-state index contributed by atoms with van der Waals surface area (Å²) in [6.07, 6.45) is 9.01. The van der Waals surface area contributed by atoms with Gasteiger partial charge in [0.25, 0.3) is 0 Å². The van der Waals surface area contributed by atoms with Crippen molar-refractivity contribution in [2.75, 3.05) is 32.7 Å². The quantitative estimate of drug-likeness (QED) is 0.744. The Morgan fingerprint density at radius 3 is 2.62 bits per heavy atom. The molecule has 0 unspecified atom stereocenters. The van der Waals surface area contributed by atoms with Crippen LogP contribution in [0.5, 0.6) is 0 Å². The lowest BCUT2D eigenvalue weighted by Crippen LogP contribution is -2.37. The van der Waals surface area contributed by atoms with Crippen molar-refractivity contribution in [3.8, 4) is 0 Å². The van der Waals surface area contributed by atoms with Crippen LogP contribution in [0.15, 0.2) is 12.4 Å². The number of hydrogen-bond donors (Lipinski definition) is 0. The molecule has 1 amide bonds. The molecule has 1 aliphatic heterocycles. The van der Waals surface area contributed by atoms with Gasteiger partial charge >= 0.3 is 0 Å². The Kier molecular flexibility index (Phi) is 5.66. The van der Waals surface area contributed by atoms with E-state index in [1.54, 1.807) is 24.1 Å². The molecule has 132 valence electrons. The second-order valence-electron chi connectivity index (χ2n) is 7.16. The number of hydrogen-bond acceptors (Lipinski definition) is 4. The second-order valence-corrected chi connectivity index (χ2v) is 7.16. The number of carbonyl (C=O) groups is 2. The Hall–Kier alpha value is -1.69. The van der Waals surface area contributed by atoms with E-state index in [1.807, 2.05) is 4.90 Å². The number of aromatic nitrogens is 2. The van der Waals surface area contributed by atoms with Crippen molar-refractivity contribution in [1.29, 1.82) is 0 Å². The van der Waals surface area contributed by atoms with Gasteiger partial charge in [0.05, 0.1) is 11.8 Å². The van der Waals surface area contributed by atoms with Crippen molar-refractivity contribution in [3.05, 3.63) is 18.0 Å². The number of amides is 1. The van der Waals surface area contributed by atoms with Crippen molar-refractivity contribution in [2.45, 2.75) is 38.5 Å². The van der Waals surface area contributed by atoms with Crippen LogP contribution in [0.2, 0.25) is 0 Å². The van der Waals surface area contributed by atoms with Gasteiger partial charge in [-0.05, 0) is 31.7 Å². The van der Waals surface area contributed by atoms with Gasteiger partial charge in [0.2, 0.25) is 5.91 Å². The summed E-state index contributed by atoms with van der Waals surface area (Å²) < 4.78 is 1.61. The van der Waals surface area contributed by atoms with Crippen molar-refractivity contribution < 1.29 is 9.59 Å². The predicted octanol–water partition coefficient (Wildman–Crippen LogP) is 1.72. The maximum absolute atomic E-state index is 12.4. The first-order valence-corrected chi connectivity index (χ1v) is 9.14. The zero-order chi connectivity index (χ0) is 16.9. The average molecular weight is 332 g/mol. The van der Waals surface area contributed by atoms with Gasteiger partial charge in [-0.1, -0.05) is 6.42 Å². The molecule has 1 saturated heterocycles. The van der Waals surface area contributed by atoms with Crippen LogP contribution in [0, 0.1) is 5.92 Å². The Bertz CT molecular complexity index is 579. The average Bonchev–Trinajstić information content (AvgIpc) is 2.83. The number of ketones is 1. The van der Waals surface area contributed by atoms with E-state index in [4.69, 9.17) is 0 Å². The molecule has 2 heterocycles. The van der Waals surface area contributed by atoms with Crippen LogP contribution in [0.3, 0.4) is 0 Å². The maximum atomic E-state index is 12.4. The fourth-order valence-corrected chi connectivity index (χ4v) is 3.53. The van der Waals surface area contributed by atoms with Gasteiger partial charge in [-0.25, -0.2) is 0 Å². The number of aryl methyl sites for hydroxylation is 1. The monoisotopic (exact) mass is 332 g/mol. The van der Waals surface area contributed by atoms with Crippen LogP contribution >= 0.6 is 0 Å². The SMILES string of the molecule is Cn1cc(C(=O)CCC(=O)N2CCCN(CC3CCC3)CC2)cn1. The van der Waals surface area contributed by atoms with Crippen molar-refractivity contribution in [2.24, 2.45) is 13.0 Å². The highest BCUT2D eigenvalue weighted by atomic mass is 16.2. The Labute approximate surface area is 143 Å². The minimum absolute atomic E-state index is 0.00196. The number of carbonyl (C=O) groups excluding carboxylic acids is 2. The minimum atomic E-state index is -0.00196. The summed E-state index contributed by atoms with van der Waals surface area (Å²) in [6.45, 7) is 4.88. The fourth-order valence-electron chi connectivity index (χ4n) is 3.53. The lowest BCUT2D eigenvalue weighted by Gasteiger charge is -2.31. The van der Waals surface area contributed by atoms with E-state index in [2.05, 4.69) is 10.00 Å². The summed E-state index contributed by atoms with van der Waals surface area (Å²) >= 11 is 0. The summed E-state index contributed by atoms with van der Waals surface area (Å²) in [4.78, 5) is 29.0. The summed E-state index contributed by atoms with van der Waals surface area (Å²) in [6, 6.07) is 0. The van der Waals surface area contributed by atoms with Gasteiger partial charge in [-0.15, -0.1) is 0 Å². The molecule has 24 heavy (non-hydrogen) atoms. The molecule has 1 aliphatic carbocycles. The molecule has 3 rings (SSSR count). The van der Waals surface area contributed by atoms with Gasteiger partial charge in [0, 0.05) is 52.3 Å². The lowest BCUT2D eigenvalue weighted by atomic mass is 9.85. The first-order chi connectivity index (χ1) is 11.6. The third kappa shape index (κ3) is 4.44. The highest BCUT2D eigenvalue weighted by molar-refractivity contribution is 5.97. The zero-order valence-electron chi connectivity index (χ0n) is 14.6. The van der Waals surface area contributed by atoms with E-state index in [0.29, 0.717) is 12.0 Å². The van der Waals surface area contributed by atoms with Gasteiger partial charge < -0.3 is 9.80 Å². The molecule has 1 aromatic heterocycles. The van der Waals surface area contributed by atoms with Gasteiger partial charge in [-0.2, -0.15) is 5.10 Å². The Balaban J connectivity index is 1.42. The summed E-state index contributed by atoms with van der Waals surface area (Å²) in [5.74, 6) is 0.986. The minimum Gasteiger partial charge on any atom is -0.341 e. The molecule has 1 aromatic rings. The molecule has 0 N–H and O–H groups in total. The number of Topliss-reactive ketones (excluding diaryl/α,β-unsaturated/α-hetero) is 1. The summed E-state index contributed by atoms with van der Waals surface area (Å²) in [5, 5.41) is 4.01. The molecule has 6 nitrogen and oxygen atoms in total. The third-order valence-corrected chi connectivity index (χ3v) is 5.28. The van der Waals surface area contributed by atoms with Crippen LogP contribution in [-0.2, 0) is 11.8 Å². The topological polar surface area (TPSA) is 58.4 Å². The van der Waals surface area contributed by atoms with Crippen LogP contribution < -0.4 is 0 Å². The largest absolute Gasteiger partial charge is 0.341 e. The molecule has 6 heteroatoms. The molecule has 2 aliphatic rings. The maximum Gasteiger partial charge on any atom is 0.223 e. The van der Waals surface area contributed by atoms with E-state index in [1.165, 1.54) is 25.8 Å². The van der Waals surface area contributed by atoms with Crippen LogP contribution in [0.1, 0.15) is 48.9 Å². The standard InChI is InChI=1S/C18H28N4O2/c1-20-14-16(12-19-20)17(23)6-7-18(24)22-9-3-8-21(10-11-22)13-15-4-2-5-15/h12,14-15H,2-11,13H2,1H3. The molecule has 2 fully saturated rings. The van der Waals surface area contributed by atoms with Crippen molar-refractivity contribution in [3.63, 3.8) is 0 Å². The number of nitrogens with zero attached hydrogens (tertiary/aromatic N) is 4. The smallest absolute Gasteiger partial charge is 0.223 e. The summed E-state index contributed by atoms with van der Waals surface area (Å²) in [7, 11) is 1.79. The Morgan fingerprint density at radius 1 is 1.12 bits per heavy atom. The first kappa shape index (κ1) is 17.1. The zero-order valence-corrected chi connectivity index (χ0v) is 14.6. The molecule has 0 atom stereocenters. The molecular formula is C18H28N4O2. The van der Waals surface area contributed by atoms with Crippen LogP contribution in [0.25, 0.3) is 0 Å². The molecule has 0 radical (unpaired) electrons. The van der Waals surface area contributed by atoms with E-state index >= 15 is 0 Å². The van der Waals surface area contributed by atoms with E-state index in [9.17, 15) is 9.59 Å². The van der Waals surface area contributed by atoms with E-state index in [0.717, 1.165) is 38.5 Å². The highest BCUT2D eigenvalue weighted by Gasteiger charge is 2.24.